The van der Waals surface area contributed by atoms with E-state index in [0.717, 1.165) is 9.99 Å². The Balaban J connectivity index is 1.97. The molecule has 8 nitrogen and oxygen atoms in total. The Labute approximate surface area is 171 Å². The van der Waals surface area contributed by atoms with E-state index in [0.29, 0.717) is 37.6 Å². The van der Waals surface area contributed by atoms with Crippen molar-refractivity contribution in [2.75, 3.05) is 57.4 Å². The molecule has 0 aliphatic carbocycles. The predicted octanol–water partition coefficient (Wildman–Crippen LogP) is 1.55. The first-order valence-corrected chi connectivity index (χ1v) is 10.7. The number of benzene rings is 2. The number of morpholine rings is 1. The van der Waals surface area contributed by atoms with Crippen molar-refractivity contribution in [3.63, 3.8) is 0 Å². The molecule has 9 heteroatoms. The molecule has 1 aliphatic heterocycles. The molecule has 156 valence electrons. The van der Waals surface area contributed by atoms with E-state index in [1.807, 2.05) is 35.2 Å². The maximum absolute atomic E-state index is 13.1. The van der Waals surface area contributed by atoms with E-state index in [2.05, 4.69) is 5.43 Å². The van der Waals surface area contributed by atoms with Crippen LogP contribution in [-0.2, 0) is 14.8 Å². The van der Waals surface area contributed by atoms with Gasteiger partial charge in [-0.05, 0) is 30.3 Å². The Morgan fingerprint density at radius 2 is 1.69 bits per heavy atom. The first-order chi connectivity index (χ1) is 13.8. The lowest BCUT2D eigenvalue weighted by atomic mass is 10.1. The Morgan fingerprint density at radius 3 is 2.31 bits per heavy atom. The molecule has 1 heterocycles. The lowest BCUT2D eigenvalue weighted by molar-refractivity contribution is 0.0949. The zero-order valence-corrected chi connectivity index (χ0v) is 17.6. The van der Waals surface area contributed by atoms with Gasteiger partial charge < -0.3 is 9.64 Å². The first kappa shape index (κ1) is 21.1. The van der Waals surface area contributed by atoms with Crippen LogP contribution < -0.4 is 15.3 Å². The summed E-state index contributed by atoms with van der Waals surface area (Å²) in [5.41, 5.74) is 4.63. The molecule has 1 amide bonds. The highest BCUT2D eigenvalue weighted by Crippen LogP contribution is 2.26. The number of hydrogen-bond donors (Lipinski definition) is 1. The topological polar surface area (TPSA) is 82.2 Å². The summed E-state index contributed by atoms with van der Waals surface area (Å²) in [6, 6.07) is 14.1. The van der Waals surface area contributed by atoms with Crippen LogP contribution >= 0.6 is 0 Å². The van der Waals surface area contributed by atoms with Crippen molar-refractivity contribution in [2.45, 2.75) is 4.90 Å². The van der Waals surface area contributed by atoms with Crippen molar-refractivity contribution >= 4 is 27.3 Å². The fourth-order valence-corrected chi connectivity index (χ4v) is 4.01. The third kappa shape index (κ3) is 4.69. The minimum atomic E-state index is -3.66. The van der Waals surface area contributed by atoms with Crippen LogP contribution in [0.15, 0.2) is 53.4 Å². The van der Waals surface area contributed by atoms with Crippen molar-refractivity contribution < 1.29 is 17.9 Å². The number of nitrogens with zero attached hydrogens (tertiary/aromatic N) is 3. The molecular weight excluding hydrogens is 392 g/mol. The second kappa shape index (κ2) is 8.81. The zero-order chi connectivity index (χ0) is 21.0. The van der Waals surface area contributed by atoms with Crippen LogP contribution in [0.4, 0.5) is 11.4 Å². The maximum atomic E-state index is 13.1. The minimum Gasteiger partial charge on any atom is -0.378 e. The van der Waals surface area contributed by atoms with E-state index < -0.39 is 10.0 Å². The van der Waals surface area contributed by atoms with E-state index in [-0.39, 0.29) is 10.8 Å². The Bertz CT molecular complexity index is 958. The summed E-state index contributed by atoms with van der Waals surface area (Å²) in [5.74, 6) is -0.381. The molecule has 0 spiro atoms. The smallest absolute Gasteiger partial charge is 0.271 e. The molecule has 1 aliphatic rings. The molecule has 0 aromatic heterocycles. The SMILES string of the molecule is CN(NC(=O)c1cc(S(=O)(=O)N(C)C)ccc1N1CCOCC1)c1ccccc1. The van der Waals surface area contributed by atoms with Gasteiger partial charge in [-0.25, -0.2) is 12.7 Å². The molecule has 1 N–H and O–H groups in total. The third-order valence-corrected chi connectivity index (χ3v) is 6.57. The van der Waals surface area contributed by atoms with Crippen LogP contribution in [-0.4, -0.2) is 66.1 Å². The number of hydrogen-bond acceptors (Lipinski definition) is 6. The lowest BCUT2D eigenvalue weighted by Crippen LogP contribution is -2.42. The predicted molar refractivity (Wildman–Crippen MR) is 113 cm³/mol. The van der Waals surface area contributed by atoms with Crippen LogP contribution in [0.5, 0.6) is 0 Å². The van der Waals surface area contributed by atoms with E-state index in [4.69, 9.17) is 4.74 Å². The second-order valence-electron chi connectivity index (χ2n) is 6.90. The van der Waals surface area contributed by atoms with Crippen LogP contribution in [0.3, 0.4) is 0 Å². The highest BCUT2D eigenvalue weighted by molar-refractivity contribution is 7.89. The first-order valence-electron chi connectivity index (χ1n) is 9.30. The normalized spacial score (nSPS) is 14.7. The van der Waals surface area contributed by atoms with Gasteiger partial charge in [0.1, 0.15) is 0 Å². The van der Waals surface area contributed by atoms with Crippen molar-refractivity contribution in [3.8, 4) is 0 Å². The number of para-hydroxylation sites is 1. The molecule has 29 heavy (non-hydrogen) atoms. The summed E-state index contributed by atoms with van der Waals surface area (Å²) in [4.78, 5) is 15.2. The average Bonchev–Trinajstić information content (AvgIpc) is 2.74. The van der Waals surface area contributed by atoms with Crippen molar-refractivity contribution in [3.05, 3.63) is 54.1 Å². The monoisotopic (exact) mass is 418 g/mol. The van der Waals surface area contributed by atoms with Gasteiger partial charge in [0, 0.05) is 39.9 Å². The fourth-order valence-electron chi connectivity index (χ4n) is 3.08. The molecule has 0 unspecified atom stereocenters. The van der Waals surface area contributed by atoms with Gasteiger partial charge in [-0.2, -0.15) is 0 Å². The van der Waals surface area contributed by atoms with Gasteiger partial charge >= 0.3 is 0 Å². The van der Waals surface area contributed by atoms with E-state index in [1.165, 1.54) is 26.2 Å². The number of anilines is 2. The number of carbonyl (C=O) groups is 1. The van der Waals surface area contributed by atoms with Crippen molar-refractivity contribution in [1.29, 1.82) is 0 Å². The van der Waals surface area contributed by atoms with Gasteiger partial charge in [-0.15, -0.1) is 0 Å². The molecule has 1 fully saturated rings. The Hall–Kier alpha value is -2.62. The number of amides is 1. The van der Waals surface area contributed by atoms with Gasteiger partial charge in [0.25, 0.3) is 5.91 Å². The highest BCUT2D eigenvalue weighted by atomic mass is 32.2. The summed E-state index contributed by atoms with van der Waals surface area (Å²) < 4.78 is 31.7. The van der Waals surface area contributed by atoms with Gasteiger partial charge in [0.05, 0.1) is 29.4 Å². The Kier molecular flexibility index (Phi) is 6.41. The summed E-state index contributed by atoms with van der Waals surface area (Å²) >= 11 is 0. The summed E-state index contributed by atoms with van der Waals surface area (Å²) in [7, 11) is 1.01. The van der Waals surface area contributed by atoms with E-state index >= 15 is 0 Å². The van der Waals surface area contributed by atoms with Gasteiger partial charge in [0.2, 0.25) is 10.0 Å². The average molecular weight is 419 g/mol. The molecule has 0 radical (unpaired) electrons. The van der Waals surface area contributed by atoms with Gasteiger partial charge in [0.15, 0.2) is 0 Å². The number of nitrogens with one attached hydrogen (secondary N) is 1. The number of carbonyl (C=O) groups excluding carboxylic acids is 1. The van der Waals surface area contributed by atoms with Gasteiger partial charge in [-0.1, -0.05) is 18.2 Å². The molecular formula is C20H26N4O4S. The van der Waals surface area contributed by atoms with Crippen LogP contribution in [0.25, 0.3) is 0 Å². The molecule has 2 aromatic rings. The number of rotatable bonds is 6. The molecule has 2 aromatic carbocycles. The fraction of sp³-hybridized carbons (Fsp3) is 0.350. The molecule has 0 saturated carbocycles. The quantitative estimate of drug-likeness (QED) is 0.717. The standard InChI is InChI=1S/C20H26N4O4S/c1-22(2)29(26,27)17-9-10-19(24-11-13-28-14-12-24)18(15-17)20(25)21-23(3)16-7-5-4-6-8-16/h4-10,15H,11-14H2,1-3H3,(H,21,25). The summed E-state index contributed by atoms with van der Waals surface area (Å²) in [6.07, 6.45) is 0. The minimum absolute atomic E-state index is 0.0759. The van der Waals surface area contributed by atoms with Gasteiger partial charge in [-0.3, -0.25) is 15.2 Å². The van der Waals surface area contributed by atoms with E-state index in [1.54, 1.807) is 18.1 Å². The Morgan fingerprint density at radius 1 is 1.03 bits per heavy atom. The maximum Gasteiger partial charge on any atom is 0.271 e. The van der Waals surface area contributed by atoms with Crippen molar-refractivity contribution in [2.24, 2.45) is 0 Å². The lowest BCUT2D eigenvalue weighted by Gasteiger charge is -2.31. The second-order valence-corrected chi connectivity index (χ2v) is 9.05. The van der Waals surface area contributed by atoms with Crippen LogP contribution in [0.1, 0.15) is 10.4 Å². The van der Waals surface area contributed by atoms with Crippen LogP contribution in [0.2, 0.25) is 0 Å². The molecule has 0 bridgehead atoms. The summed E-state index contributed by atoms with van der Waals surface area (Å²) in [6.45, 7) is 2.38. The largest absolute Gasteiger partial charge is 0.378 e. The third-order valence-electron chi connectivity index (χ3n) is 4.76. The molecule has 3 rings (SSSR count). The zero-order valence-electron chi connectivity index (χ0n) is 16.8. The highest BCUT2D eigenvalue weighted by Gasteiger charge is 2.24. The molecule has 1 saturated heterocycles. The molecule has 0 atom stereocenters. The van der Waals surface area contributed by atoms with Crippen LogP contribution in [0, 0.1) is 0 Å². The summed E-state index contributed by atoms with van der Waals surface area (Å²) in [5, 5.41) is 1.61. The van der Waals surface area contributed by atoms with E-state index in [9.17, 15) is 13.2 Å². The van der Waals surface area contributed by atoms with Crippen molar-refractivity contribution in [1.82, 2.24) is 9.73 Å². The number of sulfonamides is 1. The number of ether oxygens (including phenoxy) is 1. The number of hydrazine groups is 1.